The van der Waals surface area contributed by atoms with E-state index in [0.717, 1.165) is 35.2 Å². The van der Waals surface area contributed by atoms with Crippen LogP contribution in [-0.2, 0) is 16.9 Å². The smallest absolute Gasteiger partial charge is 0.343 e. The van der Waals surface area contributed by atoms with E-state index in [4.69, 9.17) is 28.4 Å². The Hall–Kier alpha value is -2.82. The molecular formula is C25H29NO8S. The van der Waals surface area contributed by atoms with Crippen molar-refractivity contribution in [3.8, 4) is 28.7 Å². The number of carbonyl (C=O) groups is 1. The maximum absolute atomic E-state index is 13.1. The van der Waals surface area contributed by atoms with Crippen molar-refractivity contribution in [3.05, 3.63) is 39.9 Å². The summed E-state index contributed by atoms with van der Waals surface area (Å²) in [6, 6.07) is 3.35. The van der Waals surface area contributed by atoms with Gasteiger partial charge < -0.3 is 33.5 Å². The lowest BCUT2D eigenvalue weighted by atomic mass is 9.83. The minimum absolute atomic E-state index is 0.105. The highest BCUT2D eigenvalue weighted by atomic mass is 32.2. The number of nitrogens with zero attached hydrogens (tertiary/aromatic N) is 1. The van der Waals surface area contributed by atoms with Crippen LogP contribution in [0.25, 0.3) is 0 Å². The van der Waals surface area contributed by atoms with Crippen molar-refractivity contribution < 1.29 is 38.3 Å². The number of hydrogen-bond donors (Lipinski definition) is 1. The Labute approximate surface area is 208 Å². The Bertz CT molecular complexity index is 1150. The number of cyclic esters (lactones) is 1. The lowest BCUT2D eigenvalue weighted by molar-refractivity contribution is 0.00870. The molecule has 5 rings (SSSR count). The number of aliphatic hydroxyl groups excluding tert-OH is 1. The third-order valence-electron chi connectivity index (χ3n) is 6.81. The summed E-state index contributed by atoms with van der Waals surface area (Å²) >= 11 is 1.64. The molecule has 2 aromatic rings. The fourth-order valence-corrected chi connectivity index (χ4v) is 6.10. The van der Waals surface area contributed by atoms with Gasteiger partial charge >= 0.3 is 5.97 Å². The largest absolute Gasteiger partial charge is 0.493 e. The van der Waals surface area contributed by atoms with Crippen molar-refractivity contribution in [2.24, 2.45) is 0 Å². The molecular weight excluding hydrogens is 474 g/mol. The van der Waals surface area contributed by atoms with E-state index in [2.05, 4.69) is 4.90 Å². The minimum atomic E-state index is -0.575. The molecule has 0 radical (unpaired) electrons. The lowest BCUT2D eigenvalue weighted by Crippen LogP contribution is -2.37. The van der Waals surface area contributed by atoms with Gasteiger partial charge in [-0.2, -0.15) is 11.8 Å². The fraction of sp³-hybridized carbons (Fsp3) is 0.480. The van der Waals surface area contributed by atoms with Crippen LogP contribution in [-0.4, -0.2) is 70.1 Å². The molecule has 2 aromatic carbocycles. The molecule has 0 saturated carbocycles. The zero-order valence-corrected chi connectivity index (χ0v) is 21.0. The van der Waals surface area contributed by atoms with Crippen LogP contribution in [0.5, 0.6) is 28.7 Å². The molecule has 10 heteroatoms. The van der Waals surface area contributed by atoms with E-state index in [1.807, 2.05) is 13.1 Å². The first kappa shape index (κ1) is 23.9. The van der Waals surface area contributed by atoms with Gasteiger partial charge in [0.25, 0.3) is 0 Å². The first-order valence-corrected chi connectivity index (χ1v) is 12.6. The molecule has 0 aliphatic carbocycles. The zero-order chi connectivity index (χ0) is 24.7. The quantitative estimate of drug-likeness (QED) is 0.428. The number of thioether (sulfide) groups is 1. The van der Waals surface area contributed by atoms with E-state index in [1.54, 1.807) is 24.9 Å². The molecule has 0 unspecified atom stereocenters. The summed E-state index contributed by atoms with van der Waals surface area (Å²) in [7, 11) is 6.69. The maximum Gasteiger partial charge on any atom is 0.343 e. The van der Waals surface area contributed by atoms with Crippen LogP contribution in [0.2, 0.25) is 0 Å². The molecule has 3 heterocycles. The number of aliphatic hydroxyl groups is 1. The SMILES string of the molecule is COc1ccc2c(c1OC)C(=O)O[C@@H]2[C@H]1c2c(c(CSCCO)c3c(c2OC)OCO3)CCN1C. The van der Waals surface area contributed by atoms with Crippen molar-refractivity contribution in [3.63, 3.8) is 0 Å². The molecule has 2 atom stereocenters. The van der Waals surface area contributed by atoms with Gasteiger partial charge in [-0.05, 0) is 25.1 Å². The number of benzene rings is 2. The average Bonchev–Trinajstić information content (AvgIpc) is 3.48. The van der Waals surface area contributed by atoms with Crippen molar-refractivity contribution in [2.45, 2.75) is 24.3 Å². The molecule has 3 aliphatic heterocycles. The van der Waals surface area contributed by atoms with Gasteiger partial charge in [0.15, 0.2) is 23.0 Å². The van der Waals surface area contributed by atoms with Crippen molar-refractivity contribution in [2.75, 3.05) is 54.1 Å². The van der Waals surface area contributed by atoms with E-state index in [0.29, 0.717) is 45.8 Å². The minimum Gasteiger partial charge on any atom is -0.493 e. The Morgan fingerprint density at radius 3 is 2.60 bits per heavy atom. The van der Waals surface area contributed by atoms with Crippen LogP contribution in [0.4, 0.5) is 0 Å². The molecule has 9 nitrogen and oxygen atoms in total. The highest BCUT2D eigenvalue weighted by Crippen LogP contribution is 2.57. The summed E-state index contributed by atoms with van der Waals surface area (Å²) in [5.74, 6) is 3.56. The molecule has 3 aliphatic rings. The second kappa shape index (κ2) is 9.67. The first-order valence-electron chi connectivity index (χ1n) is 11.4. The lowest BCUT2D eigenvalue weighted by Gasteiger charge is -2.39. The maximum atomic E-state index is 13.1. The number of esters is 1. The third-order valence-corrected chi connectivity index (χ3v) is 7.77. The summed E-state index contributed by atoms with van der Waals surface area (Å²) in [5.41, 5.74) is 4.22. The van der Waals surface area contributed by atoms with Crippen molar-refractivity contribution >= 4 is 17.7 Å². The van der Waals surface area contributed by atoms with Crippen molar-refractivity contribution in [1.29, 1.82) is 0 Å². The van der Waals surface area contributed by atoms with E-state index < -0.39 is 12.1 Å². The Kier molecular flexibility index (Phi) is 6.61. The van der Waals surface area contributed by atoms with Crippen molar-refractivity contribution in [1.82, 2.24) is 4.90 Å². The van der Waals surface area contributed by atoms with Gasteiger partial charge in [-0.1, -0.05) is 6.07 Å². The Morgan fingerprint density at radius 2 is 1.89 bits per heavy atom. The van der Waals surface area contributed by atoms with Crippen LogP contribution in [0.3, 0.4) is 0 Å². The van der Waals surface area contributed by atoms with E-state index >= 15 is 0 Å². The number of ether oxygens (including phenoxy) is 6. The van der Waals surface area contributed by atoms with Gasteiger partial charge in [-0.3, -0.25) is 4.90 Å². The molecule has 0 bridgehead atoms. The number of methoxy groups -OCH3 is 3. The summed E-state index contributed by atoms with van der Waals surface area (Å²) < 4.78 is 34.6. The number of rotatable bonds is 8. The molecule has 0 fully saturated rings. The molecule has 0 saturated heterocycles. The van der Waals surface area contributed by atoms with E-state index in [1.165, 1.54) is 14.2 Å². The second-order valence-electron chi connectivity index (χ2n) is 8.51. The van der Waals surface area contributed by atoms with E-state index in [-0.39, 0.29) is 19.4 Å². The number of hydrogen-bond acceptors (Lipinski definition) is 10. The number of carbonyl (C=O) groups excluding carboxylic acids is 1. The predicted molar refractivity (Wildman–Crippen MR) is 129 cm³/mol. The van der Waals surface area contributed by atoms with Crippen LogP contribution in [0.1, 0.15) is 44.8 Å². The van der Waals surface area contributed by atoms with Gasteiger partial charge in [0.05, 0.1) is 34.0 Å². The van der Waals surface area contributed by atoms with E-state index in [9.17, 15) is 9.90 Å². The normalized spacial score (nSPS) is 20.3. The Morgan fingerprint density at radius 1 is 1.11 bits per heavy atom. The molecule has 188 valence electrons. The van der Waals surface area contributed by atoms with Gasteiger partial charge in [0.2, 0.25) is 12.5 Å². The second-order valence-corrected chi connectivity index (χ2v) is 9.62. The summed E-state index contributed by atoms with van der Waals surface area (Å²) in [6.07, 6.45) is 0.206. The summed E-state index contributed by atoms with van der Waals surface area (Å²) in [4.78, 5) is 15.3. The monoisotopic (exact) mass is 503 g/mol. The standard InChI is InChI=1S/C25H29NO8S/c1-26-8-7-13-15(11-35-10-9-27)21-24(33-12-32-21)23(31-4)17(13)19(26)20-14-5-6-16(29-2)22(30-3)18(14)25(28)34-20/h5-6,19-20,27H,7-12H2,1-4H3/t19-,20+/m1/s1. The number of likely N-dealkylation sites (N-methyl/N-ethyl adjacent to an activating group) is 1. The highest BCUT2D eigenvalue weighted by molar-refractivity contribution is 7.98. The van der Waals surface area contributed by atoms with Crippen LogP contribution >= 0.6 is 11.8 Å². The van der Waals surface area contributed by atoms with Gasteiger partial charge in [0.1, 0.15) is 11.7 Å². The molecule has 35 heavy (non-hydrogen) atoms. The van der Waals surface area contributed by atoms with Gasteiger partial charge in [-0.15, -0.1) is 0 Å². The number of fused-ring (bicyclic) bond motifs is 3. The zero-order valence-electron chi connectivity index (χ0n) is 20.2. The average molecular weight is 504 g/mol. The first-order chi connectivity index (χ1) is 17.0. The van der Waals surface area contributed by atoms with Crippen LogP contribution in [0.15, 0.2) is 12.1 Å². The molecule has 0 aromatic heterocycles. The van der Waals surface area contributed by atoms with Gasteiger partial charge in [0, 0.05) is 34.7 Å². The molecule has 0 amide bonds. The predicted octanol–water partition coefficient (Wildman–Crippen LogP) is 3.11. The van der Waals surface area contributed by atoms with Gasteiger partial charge in [-0.25, -0.2) is 4.79 Å². The Balaban J connectivity index is 1.68. The third kappa shape index (κ3) is 3.75. The summed E-state index contributed by atoms with van der Waals surface area (Å²) in [5, 5.41) is 9.31. The van der Waals surface area contributed by atoms with Crippen LogP contribution < -0.4 is 23.7 Å². The fourth-order valence-electron chi connectivity index (χ4n) is 5.31. The summed E-state index contributed by atoms with van der Waals surface area (Å²) in [6.45, 7) is 0.980. The molecule has 0 spiro atoms. The molecule has 1 N–H and O–H groups in total. The van der Waals surface area contributed by atoms with Crippen LogP contribution in [0, 0.1) is 0 Å². The topological polar surface area (TPSA) is 95.9 Å². The highest BCUT2D eigenvalue weighted by Gasteiger charge is 2.47.